The minimum atomic E-state index is -0.603. The van der Waals surface area contributed by atoms with Crippen LogP contribution in [0.3, 0.4) is 0 Å². The molecular formula is C24H27N5O3S. The predicted molar refractivity (Wildman–Crippen MR) is 131 cm³/mol. The number of carbonyl (C=O) groups is 2. The van der Waals surface area contributed by atoms with E-state index in [0.29, 0.717) is 18.1 Å². The highest BCUT2D eigenvalue weighted by Crippen LogP contribution is 2.30. The van der Waals surface area contributed by atoms with E-state index in [9.17, 15) is 9.59 Å². The van der Waals surface area contributed by atoms with Crippen molar-refractivity contribution in [2.75, 3.05) is 25.5 Å². The molecule has 3 rings (SSSR count). The van der Waals surface area contributed by atoms with E-state index in [2.05, 4.69) is 27.2 Å². The molecule has 2 aromatic heterocycles. The summed E-state index contributed by atoms with van der Waals surface area (Å²) in [6, 6.07) is 13.1. The number of anilines is 2. The summed E-state index contributed by atoms with van der Waals surface area (Å²) in [4.78, 5) is 35.2. The van der Waals surface area contributed by atoms with Gasteiger partial charge in [-0.1, -0.05) is 48.2 Å². The van der Waals surface area contributed by atoms with Crippen LogP contribution in [-0.2, 0) is 9.59 Å². The van der Waals surface area contributed by atoms with Crippen molar-refractivity contribution in [1.82, 2.24) is 20.2 Å². The standard InChI is InChI=1S/C24H27N5O3S/c1-5-22(30)29(4)17(3)23(31)25-11-12-32-19-13-16(2)27-21(14-19)28-24-26-15-20(33-24)18-9-7-6-8-10-18/h5-10,13-15,17H,1,11-12H2,2-4H3,(H,25,31)(H,26,27,28)/t17-/m0/s1. The van der Waals surface area contributed by atoms with Crippen molar-refractivity contribution in [2.24, 2.45) is 0 Å². The molecular weight excluding hydrogens is 438 g/mol. The van der Waals surface area contributed by atoms with E-state index in [1.807, 2.05) is 49.5 Å². The zero-order chi connectivity index (χ0) is 23.8. The van der Waals surface area contributed by atoms with Crippen LogP contribution in [0.1, 0.15) is 12.6 Å². The van der Waals surface area contributed by atoms with Gasteiger partial charge in [0.2, 0.25) is 11.8 Å². The van der Waals surface area contributed by atoms with Gasteiger partial charge < -0.3 is 20.3 Å². The third-order valence-electron chi connectivity index (χ3n) is 4.88. The number of amides is 2. The quantitative estimate of drug-likeness (QED) is 0.349. The van der Waals surface area contributed by atoms with Crippen molar-refractivity contribution in [3.8, 4) is 16.2 Å². The van der Waals surface area contributed by atoms with Crippen LogP contribution in [0.2, 0.25) is 0 Å². The lowest BCUT2D eigenvalue weighted by molar-refractivity contribution is -0.135. The van der Waals surface area contributed by atoms with Gasteiger partial charge >= 0.3 is 0 Å². The molecule has 0 unspecified atom stereocenters. The molecule has 0 aliphatic rings. The van der Waals surface area contributed by atoms with Crippen LogP contribution in [0.15, 0.2) is 61.3 Å². The topological polar surface area (TPSA) is 96.5 Å². The smallest absolute Gasteiger partial charge is 0.246 e. The molecule has 0 fully saturated rings. The zero-order valence-corrected chi connectivity index (χ0v) is 19.7. The molecule has 8 nitrogen and oxygen atoms in total. The van der Waals surface area contributed by atoms with Gasteiger partial charge in [-0.05, 0) is 25.5 Å². The number of ether oxygens (including phenoxy) is 1. The normalized spacial score (nSPS) is 11.4. The molecule has 0 saturated heterocycles. The number of likely N-dealkylation sites (N-methyl/N-ethyl adjacent to an activating group) is 1. The highest BCUT2D eigenvalue weighted by molar-refractivity contribution is 7.18. The average molecular weight is 466 g/mol. The van der Waals surface area contributed by atoms with Gasteiger partial charge in [-0.2, -0.15) is 0 Å². The Bertz CT molecular complexity index is 1120. The lowest BCUT2D eigenvalue weighted by Crippen LogP contribution is -2.46. The van der Waals surface area contributed by atoms with Crippen molar-refractivity contribution in [1.29, 1.82) is 0 Å². The molecule has 1 aromatic carbocycles. The van der Waals surface area contributed by atoms with Gasteiger partial charge in [-0.15, -0.1) is 0 Å². The number of aryl methyl sites for hydroxylation is 1. The lowest BCUT2D eigenvalue weighted by atomic mass is 10.2. The van der Waals surface area contributed by atoms with E-state index in [4.69, 9.17) is 4.74 Å². The fourth-order valence-electron chi connectivity index (χ4n) is 2.96. The molecule has 2 heterocycles. The van der Waals surface area contributed by atoms with Crippen molar-refractivity contribution in [3.05, 3.63) is 67.0 Å². The predicted octanol–water partition coefficient (Wildman–Crippen LogP) is 3.79. The van der Waals surface area contributed by atoms with Gasteiger partial charge in [0.15, 0.2) is 5.13 Å². The highest BCUT2D eigenvalue weighted by atomic mass is 32.1. The lowest BCUT2D eigenvalue weighted by Gasteiger charge is -2.22. The monoisotopic (exact) mass is 465 g/mol. The second-order valence-electron chi connectivity index (χ2n) is 7.32. The van der Waals surface area contributed by atoms with E-state index >= 15 is 0 Å². The Morgan fingerprint density at radius 2 is 2.03 bits per heavy atom. The Kier molecular flexibility index (Phi) is 8.15. The SMILES string of the molecule is C=CC(=O)N(C)[C@@H](C)C(=O)NCCOc1cc(C)nc(Nc2ncc(-c3ccccc3)s2)c1. The number of thiazole rings is 1. The molecule has 1 atom stereocenters. The summed E-state index contributed by atoms with van der Waals surface area (Å²) in [6.07, 6.45) is 3.01. The number of benzene rings is 1. The Hall–Kier alpha value is -3.72. The van der Waals surface area contributed by atoms with Crippen molar-refractivity contribution < 1.29 is 14.3 Å². The Morgan fingerprint density at radius 3 is 2.76 bits per heavy atom. The van der Waals surface area contributed by atoms with Crippen LogP contribution in [0.5, 0.6) is 5.75 Å². The third kappa shape index (κ3) is 6.63. The molecule has 0 aliphatic carbocycles. The summed E-state index contributed by atoms with van der Waals surface area (Å²) in [7, 11) is 1.56. The first-order chi connectivity index (χ1) is 15.9. The molecule has 9 heteroatoms. The first-order valence-corrected chi connectivity index (χ1v) is 11.3. The van der Waals surface area contributed by atoms with Crippen LogP contribution >= 0.6 is 11.3 Å². The summed E-state index contributed by atoms with van der Waals surface area (Å²) in [5.74, 6) is 0.687. The summed E-state index contributed by atoms with van der Waals surface area (Å²) < 4.78 is 5.79. The molecule has 2 amide bonds. The van der Waals surface area contributed by atoms with Crippen molar-refractivity contribution >= 4 is 34.1 Å². The molecule has 2 N–H and O–H groups in total. The average Bonchev–Trinajstić information content (AvgIpc) is 3.28. The fourth-order valence-corrected chi connectivity index (χ4v) is 3.79. The van der Waals surface area contributed by atoms with E-state index < -0.39 is 6.04 Å². The number of rotatable bonds is 10. The number of pyridine rings is 1. The van der Waals surface area contributed by atoms with Gasteiger partial charge in [0, 0.05) is 31.1 Å². The van der Waals surface area contributed by atoms with Crippen molar-refractivity contribution in [3.63, 3.8) is 0 Å². The van der Waals surface area contributed by atoms with Gasteiger partial charge in [-0.3, -0.25) is 9.59 Å². The summed E-state index contributed by atoms with van der Waals surface area (Å²) in [6.45, 7) is 7.54. The van der Waals surface area contributed by atoms with Crippen LogP contribution < -0.4 is 15.4 Å². The van der Waals surface area contributed by atoms with Crippen LogP contribution in [0.25, 0.3) is 10.4 Å². The Labute approximate surface area is 197 Å². The number of aromatic nitrogens is 2. The first kappa shape index (κ1) is 23.9. The number of hydrogen-bond donors (Lipinski definition) is 2. The molecule has 172 valence electrons. The molecule has 0 spiro atoms. The highest BCUT2D eigenvalue weighted by Gasteiger charge is 2.20. The third-order valence-corrected chi connectivity index (χ3v) is 5.84. The van der Waals surface area contributed by atoms with Crippen LogP contribution in [0.4, 0.5) is 10.9 Å². The molecule has 0 saturated carbocycles. The summed E-state index contributed by atoms with van der Waals surface area (Å²) in [5, 5.41) is 6.73. The van der Waals surface area contributed by atoms with E-state index in [0.717, 1.165) is 21.3 Å². The second kappa shape index (κ2) is 11.2. The maximum Gasteiger partial charge on any atom is 0.246 e. The van der Waals surface area contributed by atoms with Crippen molar-refractivity contribution in [2.45, 2.75) is 19.9 Å². The molecule has 0 radical (unpaired) electrons. The van der Waals surface area contributed by atoms with Gasteiger partial charge in [0.1, 0.15) is 24.2 Å². The zero-order valence-electron chi connectivity index (χ0n) is 18.9. The van der Waals surface area contributed by atoms with Gasteiger partial charge in [0.05, 0.1) is 11.4 Å². The van der Waals surface area contributed by atoms with E-state index in [1.54, 1.807) is 31.4 Å². The van der Waals surface area contributed by atoms with Crippen LogP contribution in [-0.4, -0.2) is 52.9 Å². The second-order valence-corrected chi connectivity index (χ2v) is 8.35. The summed E-state index contributed by atoms with van der Waals surface area (Å²) in [5.41, 5.74) is 1.90. The number of nitrogens with zero attached hydrogens (tertiary/aromatic N) is 3. The Morgan fingerprint density at radius 1 is 1.27 bits per heavy atom. The van der Waals surface area contributed by atoms with E-state index in [-0.39, 0.29) is 18.4 Å². The molecule has 0 bridgehead atoms. The maximum atomic E-state index is 12.2. The number of nitrogens with one attached hydrogen (secondary N) is 2. The minimum Gasteiger partial charge on any atom is -0.492 e. The number of carbonyl (C=O) groups excluding carboxylic acids is 2. The molecule has 33 heavy (non-hydrogen) atoms. The minimum absolute atomic E-state index is 0.262. The fraction of sp³-hybridized carbons (Fsp3) is 0.250. The molecule has 0 aliphatic heterocycles. The maximum absolute atomic E-state index is 12.2. The van der Waals surface area contributed by atoms with Gasteiger partial charge in [-0.25, -0.2) is 9.97 Å². The molecule has 3 aromatic rings. The number of hydrogen-bond acceptors (Lipinski definition) is 7. The van der Waals surface area contributed by atoms with Crippen LogP contribution in [0, 0.1) is 6.92 Å². The Balaban J connectivity index is 1.53. The van der Waals surface area contributed by atoms with Gasteiger partial charge in [0.25, 0.3) is 0 Å². The van der Waals surface area contributed by atoms with E-state index in [1.165, 1.54) is 11.0 Å². The summed E-state index contributed by atoms with van der Waals surface area (Å²) >= 11 is 1.54. The first-order valence-electron chi connectivity index (χ1n) is 10.4. The largest absolute Gasteiger partial charge is 0.492 e.